The number of rotatable bonds is 12. The molecule has 0 saturated heterocycles. The van der Waals surface area contributed by atoms with Gasteiger partial charge in [0.05, 0.1) is 39.3 Å². The first-order valence-electron chi connectivity index (χ1n) is 6.59. The predicted molar refractivity (Wildman–Crippen MR) is 93.2 cm³/mol. The SMILES string of the molecule is O.O.O.O.O=C(O)CN(CC(=O)O)CC(=O)O.O=C(O)CN(CC(=O)O)CC(=O)O.[Co].[Co].[Co]. The molecule has 0 aromatic heterocycles. The first-order valence-corrected chi connectivity index (χ1v) is 6.59. The van der Waals surface area contributed by atoms with Crippen LogP contribution >= 0.6 is 0 Å². The van der Waals surface area contributed by atoms with Gasteiger partial charge in [0.15, 0.2) is 0 Å². The maximum atomic E-state index is 10.1. The van der Waals surface area contributed by atoms with E-state index in [-0.39, 0.29) is 72.2 Å². The summed E-state index contributed by atoms with van der Waals surface area (Å²) >= 11 is 0. The van der Waals surface area contributed by atoms with Crippen LogP contribution in [0.1, 0.15) is 0 Å². The maximum Gasteiger partial charge on any atom is 0.317 e. The number of carboxylic acids is 6. The van der Waals surface area contributed by atoms with Gasteiger partial charge in [-0.3, -0.25) is 38.6 Å². The molecule has 0 unspecified atom stereocenters. The van der Waals surface area contributed by atoms with E-state index in [9.17, 15) is 28.8 Å². The molecule has 0 fully saturated rings. The molecule has 0 atom stereocenters. The van der Waals surface area contributed by atoms with Crippen molar-refractivity contribution in [3.63, 3.8) is 0 Å². The van der Waals surface area contributed by atoms with Crippen molar-refractivity contribution < 1.29 is 132 Å². The summed E-state index contributed by atoms with van der Waals surface area (Å²) in [4.78, 5) is 62.5. The van der Waals surface area contributed by atoms with Crippen LogP contribution in [-0.4, -0.2) is 137 Å². The van der Waals surface area contributed by atoms with Gasteiger partial charge in [-0.2, -0.15) is 0 Å². The first kappa shape index (κ1) is 57.7. The topological polar surface area (TPSA) is 356 Å². The van der Waals surface area contributed by atoms with Crippen LogP contribution < -0.4 is 0 Å². The molecule has 0 aliphatic carbocycles. The Kier molecular flexibility index (Phi) is 56.4. The van der Waals surface area contributed by atoms with Gasteiger partial charge in [0.1, 0.15) is 0 Å². The summed E-state index contributed by atoms with van der Waals surface area (Å²) in [6.07, 6.45) is 0. The summed E-state index contributed by atoms with van der Waals surface area (Å²) in [5, 5.41) is 49.7. The molecule has 0 bridgehead atoms. The van der Waals surface area contributed by atoms with E-state index in [0.717, 1.165) is 9.80 Å². The molecule has 0 rings (SSSR count). The molecule has 0 aromatic rings. The van der Waals surface area contributed by atoms with E-state index in [0.29, 0.717) is 0 Å². The normalized spacial score (nSPS) is 7.82. The van der Waals surface area contributed by atoms with Gasteiger partial charge < -0.3 is 52.5 Å². The van der Waals surface area contributed by atoms with Crippen LogP contribution in [0.15, 0.2) is 0 Å². The van der Waals surface area contributed by atoms with Crippen molar-refractivity contribution in [3.8, 4) is 0 Å². The predicted octanol–water partition coefficient (Wildman–Crippen LogP) is -6.22. The first-order chi connectivity index (χ1) is 11.8. The summed E-state index contributed by atoms with van der Waals surface area (Å²) in [6, 6.07) is 0. The number of aliphatic carboxylic acids is 6. The number of nitrogens with zero attached hydrogens (tertiary/aromatic N) is 2. The fraction of sp³-hybridized carbons (Fsp3) is 0.500. The second-order valence-corrected chi connectivity index (χ2v) is 4.65. The molecule has 3 radical (unpaired) electrons. The van der Waals surface area contributed by atoms with Gasteiger partial charge in [0, 0.05) is 50.3 Å². The van der Waals surface area contributed by atoms with Crippen LogP contribution in [0.5, 0.6) is 0 Å². The van der Waals surface area contributed by atoms with Gasteiger partial charge in [-0.05, 0) is 0 Å². The van der Waals surface area contributed by atoms with Crippen molar-refractivity contribution in [2.75, 3.05) is 39.3 Å². The summed E-state index contributed by atoms with van der Waals surface area (Å²) in [6.45, 7) is -3.59. The largest absolute Gasteiger partial charge is 0.480 e. The van der Waals surface area contributed by atoms with E-state index in [1.807, 2.05) is 0 Å². The molecule has 21 heteroatoms. The summed E-state index contributed by atoms with van der Waals surface area (Å²) in [5.41, 5.74) is 0. The Morgan fingerprint density at radius 3 is 0.515 bits per heavy atom. The third-order valence-corrected chi connectivity index (χ3v) is 2.15. The van der Waals surface area contributed by atoms with Crippen molar-refractivity contribution in [3.05, 3.63) is 0 Å². The number of carboxylic acid groups (broad SMARTS) is 6. The summed E-state index contributed by atoms with van der Waals surface area (Å²) in [5.74, 6) is -7.57. The Balaban J connectivity index is -0.0000000411. The van der Waals surface area contributed by atoms with Crippen LogP contribution in [0.25, 0.3) is 0 Å². The molecular formula is C12H26Co3N2O16. The number of hydrogen-bond donors (Lipinski definition) is 6. The maximum absolute atomic E-state index is 10.1. The Hall–Kier alpha value is -1.90. The van der Waals surface area contributed by atoms with Gasteiger partial charge in [0.25, 0.3) is 0 Å². The zero-order valence-corrected chi connectivity index (χ0v) is 19.4. The molecule has 0 heterocycles. The Morgan fingerprint density at radius 1 is 0.364 bits per heavy atom. The van der Waals surface area contributed by atoms with Crippen LogP contribution in [0.4, 0.5) is 0 Å². The molecular weight excluding hydrogens is 605 g/mol. The molecule has 0 aliphatic rings. The molecule has 0 spiro atoms. The van der Waals surface area contributed by atoms with Gasteiger partial charge in [-0.25, -0.2) is 0 Å². The fourth-order valence-corrected chi connectivity index (χ4v) is 1.48. The Labute approximate surface area is 216 Å². The molecule has 33 heavy (non-hydrogen) atoms. The van der Waals surface area contributed by atoms with Crippen molar-refractivity contribution in [1.82, 2.24) is 9.80 Å². The van der Waals surface area contributed by atoms with Crippen LogP contribution in [0, 0.1) is 0 Å². The Bertz CT molecular complexity index is 441. The molecule has 207 valence electrons. The van der Waals surface area contributed by atoms with Crippen molar-refractivity contribution in [2.24, 2.45) is 0 Å². The molecule has 0 amide bonds. The van der Waals surface area contributed by atoms with Gasteiger partial charge in [0.2, 0.25) is 0 Å². The quantitative estimate of drug-likeness (QED) is 0.117. The summed E-state index contributed by atoms with van der Waals surface area (Å²) in [7, 11) is 0. The van der Waals surface area contributed by atoms with Crippen molar-refractivity contribution >= 4 is 35.8 Å². The number of carbonyl (C=O) groups is 6. The smallest absolute Gasteiger partial charge is 0.317 e. The van der Waals surface area contributed by atoms with E-state index in [1.165, 1.54) is 0 Å². The molecule has 14 N–H and O–H groups in total. The van der Waals surface area contributed by atoms with Crippen molar-refractivity contribution in [2.45, 2.75) is 0 Å². The fourth-order valence-electron chi connectivity index (χ4n) is 1.48. The standard InChI is InChI=1S/2C6H9NO6.3Co.4H2O/c2*8-4(9)1-7(2-5(10)11)3-6(12)13;;;;;;;/h2*1-3H2,(H,8,9)(H,10,11)(H,12,13);;;;4*1H2. The van der Waals surface area contributed by atoms with E-state index >= 15 is 0 Å². The molecule has 18 nitrogen and oxygen atoms in total. The molecule has 0 aliphatic heterocycles. The van der Waals surface area contributed by atoms with Gasteiger partial charge in [-0.15, -0.1) is 0 Å². The third kappa shape index (κ3) is 48.7. The van der Waals surface area contributed by atoms with Crippen molar-refractivity contribution in [1.29, 1.82) is 0 Å². The van der Waals surface area contributed by atoms with Crippen LogP contribution in [-0.2, 0) is 79.1 Å². The molecule has 0 aromatic carbocycles. The minimum Gasteiger partial charge on any atom is -0.480 e. The molecule has 0 saturated carbocycles. The zero-order chi connectivity index (χ0) is 20.9. The Morgan fingerprint density at radius 2 is 0.455 bits per heavy atom. The van der Waals surface area contributed by atoms with E-state index < -0.39 is 75.1 Å². The van der Waals surface area contributed by atoms with E-state index in [2.05, 4.69) is 0 Å². The van der Waals surface area contributed by atoms with E-state index in [1.54, 1.807) is 0 Å². The van der Waals surface area contributed by atoms with Gasteiger partial charge >= 0.3 is 35.8 Å². The second-order valence-electron chi connectivity index (χ2n) is 4.65. The monoisotopic (exact) mass is 631 g/mol. The number of hydrogen-bond acceptors (Lipinski definition) is 8. The minimum absolute atomic E-state index is 0. The minimum atomic E-state index is -1.26. The van der Waals surface area contributed by atoms with Crippen LogP contribution in [0.3, 0.4) is 0 Å². The van der Waals surface area contributed by atoms with Crippen LogP contribution in [0.2, 0.25) is 0 Å². The summed E-state index contributed by atoms with van der Waals surface area (Å²) < 4.78 is 0. The third-order valence-electron chi connectivity index (χ3n) is 2.15. The average molecular weight is 631 g/mol. The second kappa shape index (κ2) is 32.3. The zero-order valence-electron chi connectivity index (χ0n) is 16.3. The average Bonchev–Trinajstić information content (AvgIpc) is 2.33. The van der Waals surface area contributed by atoms with E-state index in [4.69, 9.17) is 30.6 Å². The van der Waals surface area contributed by atoms with Gasteiger partial charge in [-0.1, -0.05) is 0 Å².